The maximum Gasteiger partial charge on any atom is 0.414 e. The second-order valence-electron chi connectivity index (χ2n) is 11.7. The van der Waals surface area contributed by atoms with Crippen molar-refractivity contribution in [2.24, 2.45) is 17.6 Å². The molecule has 6 atom stereocenters. The van der Waals surface area contributed by atoms with Crippen LogP contribution in [0.2, 0.25) is 0 Å². The van der Waals surface area contributed by atoms with E-state index in [9.17, 15) is 24.8 Å². The number of aliphatic hydroxyl groups excluding tert-OH is 2. The molecule has 15 heteroatoms. The Labute approximate surface area is 247 Å². The molecule has 0 radical (unpaired) electrons. The maximum atomic E-state index is 13.0. The number of nitrogens with two attached hydrogens (primary N) is 1. The highest BCUT2D eigenvalue weighted by molar-refractivity contribution is 5.88. The molecule has 0 bridgehead atoms. The first-order valence-electron chi connectivity index (χ1n) is 14.4. The molecule has 2 aliphatic carbocycles. The van der Waals surface area contributed by atoms with E-state index in [1.807, 2.05) is 6.07 Å². The minimum Gasteiger partial charge on any atom is -0.459 e. The fourth-order valence-corrected chi connectivity index (χ4v) is 6.00. The summed E-state index contributed by atoms with van der Waals surface area (Å²) in [5.41, 5.74) is 2.64. The van der Waals surface area contributed by atoms with Gasteiger partial charge < -0.3 is 34.9 Å². The van der Waals surface area contributed by atoms with Crippen molar-refractivity contribution in [2.75, 3.05) is 12.1 Å². The van der Waals surface area contributed by atoms with Gasteiger partial charge in [0.15, 0.2) is 24.3 Å². The molecule has 2 aromatic rings. The van der Waals surface area contributed by atoms with E-state index >= 15 is 0 Å². The third-order valence-corrected chi connectivity index (χ3v) is 8.53. The van der Waals surface area contributed by atoms with E-state index in [0.717, 1.165) is 38.4 Å². The Bertz CT molecular complexity index is 1420. The number of carbonyl (C=O) groups excluding carboxylic acids is 3. The molecular formula is C28H36N6O9. The number of anilines is 1. The van der Waals surface area contributed by atoms with E-state index < -0.39 is 60.4 Å². The molecule has 0 aromatic carbocycles. The number of rotatable bonds is 9. The van der Waals surface area contributed by atoms with Crippen LogP contribution < -0.4 is 11.1 Å². The van der Waals surface area contributed by atoms with Gasteiger partial charge >= 0.3 is 18.0 Å². The third-order valence-electron chi connectivity index (χ3n) is 8.53. The topological polar surface area (TPSA) is 221 Å². The molecule has 2 saturated carbocycles. The Kier molecular flexibility index (Phi) is 8.57. The quantitative estimate of drug-likeness (QED) is 0.181. The first kappa shape index (κ1) is 30.6. The second-order valence-corrected chi connectivity index (χ2v) is 11.7. The molecular weight excluding hydrogens is 564 g/mol. The lowest BCUT2D eigenvalue weighted by molar-refractivity contribution is -0.163. The maximum absolute atomic E-state index is 13.0. The predicted molar refractivity (Wildman–Crippen MR) is 146 cm³/mol. The molecule has 3 aliphatic rings. The number of aromatic nitrogens is 3. The number of carbonyl (C=O) groups is 3. The number of nitrogens with zero attached hydrogens (tertiary/aromatic N) is 4. The van der Waals surface area contributed by atoms with Gasteiger partial charge in [0.1, 0.15) is 36.2 Å². The van der Waals surface area contributed by atoms with Crippen molar-refractivity contribution in [3.05, 3.63) is 24.2 Å². The smallest absolute Gasteiger partial charge is 0.414 e. The van der Waals surface area contributed by atoms with Crippen molar-refractivity contribution in [3.63, 3.8) is 0 Å². The van der Waals surface area contributed by atoms with Crippen molar-refractivity contribution in [2.45, 2.75) is 94.3 Å². The Morgan fingerprint density at radius 1 is 1.26 bits per heavy atom. The number of amides is 1. The van der Waals surface area contributed by atoms with Crippen molar-refractivity contribution in [1.82, 2.24) is 14.6 Å². The molecule has 1 aliphatic heterocycles. The molecule has 5 rings (SSSR count). The fourth-order valence-electron chi connectivity index (χ4n) is 6.00. The highest BCUT2D eigenvalue weighted by Crippen LogP contribution is 2.59. The summed E-state index contributed by atoms with van der Waals surface area (Å²) in [4.78, 5) is 41.8. The molecule has 2 aromatic heterocycles. The second kappa shape index (κ2) is 12.0. The van der Waals surface area contributed by atoms with E-state index in [-0.39, 0.29) is 41.7 Å². The SMILES string of the molecule is CC(C)[C@H](N)C(=O)O[C@H]1[C@@H](O)[C@](C#N)(c2ccc3c(NC(=O)OCO)ncnn23)OC12CC2OC(=O)CC1CCCCC1. The summed E-state index contributed by atoms with van der Waals surface area (Å²) >= 11 is 0. The number of hydrogen-bond acceptors (Lipinski definition) is 13. The van der Waals surface area contributed by atoms with Gasteiger partial charge in [0.2, 0.25) is 5.60 Å². The standard InChI is InChI=1S/C28H36N6O9/c1-15(2)21(30)25(38)42-23-22(37)28(12-29,18-9-8-17-24(31-13-32-34(17)18)33-26(39)40-14-35)43-27(23)11-19(27)41-20(36)10-16-6-4-3-5-7-16/h8-9,13,15-16,19,21-23,35,37H,3-7,10-11,14,30H2,1-2H3,(H,31,32,33,39)/t19?,21-,22+,23-,27?,28-/m0/s1. The van der Waals surface area contributed by atoms with Crippen LogP contribution in [0.5, 0.6) is 0 Å². The number of hydrogen-bond donors (Lipinski definition) is 4. The molecule has 232 valence electrons. The molecule has 5 N–H and O–H groups in total. The van der Waals surface area contributed by atoms with Crippen LogP contribution in [0.4, 0.5) is 10.6 Å². The van der Waals surface area contributed by atoms with E-state index in [1.54, 1.807) is 13.8 Å². The van der Waals surface area contributed by atoms with Gasteiger partial charge in [-0.15, -0.1) is 0 Å². The van der Waals surface area contributed by atoms with Crippen LogP contribution in [0.3, 0.4) is 0 Å². The predicted octanol–water partition coefficient (Wildman–Crippen LogP) is 1.26. The number of esters is 2. The Balaban J connectivity index is 1.46. The van der Waals surface area contributed by atoms with Crippen LogP contribution in [-0.4, -0.2) is 79.6 Å². The van der Waals surface area contributed by atoms with Crippen LogP contribution in [0, 0.1) is 23.2 Å². The zero-order chi connectivity index (χ0) is 30.9. The van der Waals surface area contributed by atoms with E-state index in [2.05, 4.69) is 20.1 Å². The minimum absolute atomic E-state index is 0.0122. The average Bonchev–Trinajstić information content (AvgIpc) is 3.35. The minimum atomic E-state index is -2.14. The number of fused-ring (bicyclic) bond motifs is 1. The van der Waals surface area contributed by atoms with E-state index in [0.29, 0.717) is 0 Å². The third kappa shape index (κ3) is 5.63. The summed E-state index contributed by atoms with van der Waals surface area (Å²) in [5, 5.41) is 37.6. The summed E-state index contributed by atoms with van der Waals surface area (Å²) in [5.74, 6) is -1.28. The number of nitrogens with one attached hydrogen (secondary N) is 1. The first-order chi connectivity index (χ1) is 20.6. The van der Waals surface area contributed by atoms with Crippen molar-refractivity contribution < 1.29 is 43.5 Å². The molecule has 3 heterocycles. The Morgan fingerprint density at radius 3 is 2.67 bits per heavy atom. The lowest BCUT2D eigenvalue weighted by Crippen LogP contribution is -2.47. The average molecular weight is 601 g/mol. The fraction of sp³-hybridized carbons (Fsp3) is 0.643. The van der Waals surface area contributed by atoms with E-state index in [1.165, 1.54) is 16.6 Å². The lowest BCUT2D eigenvalue weighted by atomic mass is 9.87. The van der Waals surface area contributed by atoms with Crippen molar-refractivity contribution in [1.29, 1.82) is 5.26 Å². The Morgan fingerprint density at radius 2 is 2.00 bits per heavy atom. The lowest BCUT2D eigenvalue weighted by Gasteiger charge is -2.25. The highest BCUT2D eigenvalue weighted by atomic mass is 16.7. The van der Waals surface area contributed by atoms with Gasteiger partial charge in [-0.05, 0) is 36.8 Å². The van der Waals surface area contributed by atoms with Gasteiger partial charge in [0, 0.05) is 12.8 Å². The molecule has 1 saturated heterocycles. The van der Waals surface area contributed by atoms with Gasteiger partial charge in [0.25, 0.3) is 0 Å². The monoisotopic (exact) mass is 600 g/mol. The first-order valence-corrected chi connectivity index (χ1v) is 14.4. The van der Waals surface area contributed by atoms with Gasteiger partial charge in [-0.1, -0.05) is 33.1 Å². The van der Waals surface area contributed by atoms with Gasteiger partial charge in [-0.25, -0.2) is 14.3 Å². The number of nitriles is 1. The van der Waals surface area contributed by atoms with Gasteiger partial charge in [-0.2, -0.15) is 10.4 Å². The summed E-state index contributed by atoms with van der Waals surface area (Å²) in [6, 6.07) is 3.95. The van der Waals surface area contributed by atoms with Crippen molar-refractivity contribution in [3.8, 4) is 6.07 Å². The molecule has 3 fully saturated rings. The largest absolute Gasteiger partial charge is 0.459 e. The van der Waals surface area contributed by atoms with Crippen LogP contribution in [0.25, 0.3) is 5.52 Å². The Hall–Kier alpha value is -3.84. The molecule has 1 amide bonds. The van der Waals surface area contributed by atoms with Crippen LogP contribution in [0.1, 0.15) is 64.5 Å². The summed E-state index contributed by atoms with van der Waals surface area (Å²) in [6.07, 6.45) is 1.58. The van der Waals surface area contributed by atoms with Crippen LogP contribution >= 0.6 is 0 Å². The number of ether oxygens (including phenoxy) is 4. The zero-order valence-corrected chi connectivity index (χ0v) is 24.0. The van der Waals surface area contributed by atoms with Crippen LogP contribution in [-0.2, 0) is 34.1 Å². The summed E-state index contributed by atoms with van der Waals surface area (Å²) < 4.78 is 23.6. The number of aliphatic hydroxyl groups is 2. The van der Waals surface area contributed by atoms with E-state index in [4.69, 9.17) is 25.1 Å². The molecule has 2 unspecified atom stereocenters. The van der Waals surface area contributed by atoms with Gasteiger partial charge in [0.05, 0.1) is 5.69 Å². The highest BCUT2D eigenvalue weighted by Gasteiger charge is 2.78. The van der Waals surface area contributed by atoms with Gasteiger partial charge in [-0.3, -0.25) is 14.9 Å². The van der Waals surface area contributed by atoms with Crippen LogP contribution in [0.15, 0.2) is 18.5 Å². The zero-order valence-electron chi connectivity index (χ0n) is 24.0. The van der Waals surface area contributed by atoms with Crippen molar-refractivity contribution >= 4 is 29.4 Å². The molecule has 1 spiro atoms. The molecule has 15 nitrogen and oxygen atoms in total. The summed E-state index contributed by atoms with van der Waals surface area (Å²) in [6.45, 7) is 2.63. The summed E-state index contributed by atoms with van der Waals surface area (Å²) in [7, 11) is 0. The molecule has 43 heavy (non-hydrogen) atoms. The normalized spacial score (nSPS) is 29.3.